The summed E-state index contributed by atoms with van der Waals surface area (Å²) in [5.74, 6) is 0. The summed E-state index contributed by atoms with van der Waals surface area (Å²) in [6, 6.07) is 27.6. The molecule has 0 aliphatic carbocycles. The number of rotatable bonds is 4. The van der Waals surface area contributed by atoms with Gasteiger partial charge in [-0.2, -0.15) is 4.40 Å². The second kappa shape index (κ2) is 8.67. The highest BCUT2D eigenvalue weighted by Crippen LogP contribution is 2.12. The summed E-state index contributed by atoms with van der Waals surface area (Å²) in [5, 5.41) is 15.3. The van der Waals surface area contributed by atoms with Crippen molar-refractivity contribution in [3.63, 3.8) is 0 Å². The number of aromatic nitrogens is 2. The van der Waals surface area contributed by atoms with Crippen LogP contribution < -0.4 is 9.67 Å². The zero-order valence-corrected chi connectivity index (χ0v) is 14.7. The van der Waals surface area contributed by atoms with Crippen molar-refractivity contribution in [2.24, 2.45) is 0 Å². The lowest BCUT2D eigenvalue weighted by molar-refractivity contribution is -0.662. The average molecular weight is 360 g/mol. The molecular weight excluding hydrogens is 340 g/mol. The van der Waals surface area contributed by atoms with Gasteiger partial charge in [-0.3, -0.25) is 0 Å². The van der Waals surface area contributed by atoms with E-state index in [0.717, 1.165) is 13.0 Å². The molecule has 2 aromatic heterocycles. The fourth-order valence-corrected chi connectivity index (χ4v) is 3.06. The average Bonchev–Trinajstić information content (AvgIpc) is 3.01. The molecule has 2 aromatic carbocycles. The molecule has 2 heterocycles. The summed E-state index contributed by atoms with van der Waals surface area (Å²) in [5.41, 5.74) is 5.19. The Morgan fingerprint density at radius 1 is 0.889 bits per heavy atom. The van der Waals surface area contributed by atoms with Gasteiger partial charge in [-0.1, -0.05) is 66.7 Å². The lowest BCUT2D eigenvalue weighted by atomic mass is 10.1. The van der Waals surface area contributed by atoms with Crippen molar-refractivity contribution >= 4 is 11.8 Å². The Kier molecular flexibility index (Phi) is 5.84. The van der Waals surface area contributed by atoms with E-state index >= 15 is 0 Å². The number of benzene rings is 2. The lowest BCUT2D eigenvalue weighted by Crippen LogP contribution is -2.32. The minimum atomic E-state index is -2.08. The maximum atomic E-state index is 8.44. The van der Waals surface area contributed by atoms with Crippen molar-refractivity contribution in [1.82, 2.24) is 4.40 Å². The van der Waals surface area contributed by atoms with Crippen molar-refractivity contribution < 1.29 is 19.6 Å². The fraction of sp³-hybridized carbons (Fsp3) is 0.0909. The van der Waals surface area contributed by atoms with E-state index in [1.165, 1.54) is 22.5 Å². The minimum absolute atomic E-state index is 0.892. The molecule has 0 saturated heterocycles. The van der Waals surface area contributed by atoms with E-state index in [9.17, 15) is 0 Å². The van der Waals surface area contributed by atoms with Crippen molar-refractivity contribution in [2.45, 2.75) is 13.0 Å². The summed E-state index contributed by atoms with van der Waals surface area (Å²) in [7, 11) is 0. The molecule has 0 atom stereocenters. The largest absolute Gasteiger partial charge is 0.565 e. The standard InChI is InChI=1S/C21H19N2.CH2O3/c1-3-9-18(10-4-1)15-20-17-22(16-19-11-5-2-6-12-19)21-13-7-8-14-23(20)21;2-1(3)4/h1-14,17H,15-16H2;(H2,2,3,4)/q+1;/p-1. The number of hydrogen-bond acceptors (Lipinski definition) is 2. The van der Waals surface area contributed by atoms with Crippen LogP contribution in [0.4, 0.5) is 4.79 Å². The van der Waals surface area contributed by atoms with Crippen LogP contribution in [-0.2, 0) is 13.0 Å². The van der Waals surface area contributed by atoms with Crippen LogP contribution in [0, 0.1) is 0 Å². The molecule has 0 aliphatic rings. The van der Waals surface area contributed by atoms with Crippen LogP contribution in [0.3, 0.4) is 0 Å². The first-order chi connectivity index (χ1) is 13.1. The van der Waals surface area contributed by atoms with Crippen molar-refractivity contribution in [3.05, 3.63) is 108 Å². The second-order valence-corrected chi connectivity index (χ2v) is 6.09. The van der Waals surface area contributed by atoms with Crippen molar-refractivity contribution in [1.29, 1.82) is 0 Å². The highest BCUT2D eigenvalue weighted by molar-refractivity contribution is 5.50. The second-order valence-electron chi connectivity index (χ2n) is 6.09. The van der Waals surface area contributed by atoms with E-state index in [-0.39, 0.29) is 0 Å². The van der Waals surface area contributed by atoms with Gasteiger partial charge in [-0.05, 0) is 17.2 Å². The highest BCUT2D eigenvalue weighted by Gasteiger charge is 2.16. The molecule has 1 N–H and O–H groups in total. The highest BCUT2D eigenvalue weighted by atomic mass is 16.6. The first-order valence-corrected chi connectivity index (χ1v) is 8.59. The summed E-state index contributed by atoms with van der Waals surface area (Å²) < 4.78 is 4.61. The van der Waals surface area contributed by atoms with E-state index < -0.39 is 6.16 Å². The Labute approximate surface area is 157 Å². The first kappa shape index (κ1) is 18.2. The van der Waals surface area contributed by atoms with E-state index in [4.69, 9.17) is 15.0 Å². The zero-order chi connectivity index (χ0) is 19.1. The molecule has 0 unspecified atom stereocenters. The molecular formula is C22H20N2O3. The number of imidazole rings is 1. The summed E-state index contributed by atoms with van der Waals surface area (Å²) in [6.07, 6.45) is 3.28. The number of hydrogen-bond donors (Lipinski definition) is 1. The van der Waals surface area contributed by atoms with Gasteiger partial charge in [-0.25, -0.2) is 4.57 Å². The van der Waals surface area contributed by atoms with Gasteiger partial charge < -0.3 is 15.0 Å². The molecule has 5 nitrogen and oxygen atoms in total. The molecule has 0 spiro atoms. The van der Waals surface area contributed by atoms with Gasteiger partial charge in [0.25, 0.3) is 5.65 Å². The molecule has 0 amide bonds. The molecule has 0 radical (unpaired) electrons. The number of nitrogens with zero attached hydrogens (tertiary/aromatic N) is 2. The van der Waals surface area contributed by atoms with Crippen LogP contribution in [-0.4, -0.2) is 15.7 Å². The third-order valence-corrected chi connectivity index (χ3v) is 4.17. The predicted molar refractivity (Wildman–Crippen MR) is 100 cm³/mol. The summed E-state index contributed by atoms with van der Waals surface area (Å²) in [6.45, 7) is 0.892. The Morgan fingerprint density at radius 2 is 1.44 bits per heavy atom. The number of carbonyl (C=O) groups is 1. The van der Waals surface area contributed by atoms with Gasteiger partial charge in [0, 0.05) is 12.5 Å². The molecule has 27 heavy (non-hydrogen) atoms. The molecule has 4 aromatic rings. The fourth-order valence-electron chi connectivity index (χ4n) is 3.06. The third kappa shape index (κ3) is 4.95. The Hall–Kier alpha value is -3.60. The van der Waals surface area contributed by atoms with E-state index in [1.807, 2.05) is 0 Å². The topological polar surface area (TPSA) is 68.6 Å². The molecule has 5 heteroatoms. The SMILES string of the molecule is O=C([O-])O.c1ccc(Cc2c[n+](Cc3ccccc3)c3ccccn23)cc1. The molecule has 4 rings (SSSR count). The number of pyridine rings is 1. The normalized spacial score (nSPS) is 10.2. The van der Waals surface area contributed by atoms with Gasteiger partial charge in [-0.15, -0.1) is 0 Å². The van der Waals surface area contributed by atoms with Crippen LogP contribution in [0.1, 0.15) is 16.8 Å². The third-order valence-electron chi connectivity index (χ3n) is 4.17. The maximum absolute atomic E-state index is 8.44. The Bertz CT molecular complexity index is 932. The van der Waals surface area contributed by atoms with Crippen LogP contribution in [0.5, 0.6) is 0 Å². The van der Waals surface area contributed by atoms with Crippen molar-refractivity contribution in [3.8, 4) is 0 Å². The number of carboxylic acid groups (broad SMARTS) is 2. The van der Waals surface area contributed by atoms with Gasteiger partial charge in [0.1, 0.15) is 12.7 Å². The van der Waals surface area contributed by atoms with Crippen LogP contribution in [0.25, 0.3) is 5.65 Å². The lowest BCUT2D eigenvalue weighted by Gasteiger charge is -1.97. The Morgan fingerprint density at radius 3 is 2.07 bits per heavy atom. The van der Waals surface area contributed by atoms with Crippen LogP contribution in [0.2, 0.25) is 0 Å². The van der Waals surface area contributed by atoms with Gasteiger partial charge in [0.15, 0.2) is 5.69 Å². The first-order valence-electron chi connectivity index (χ1n) is 8.59. The quantitative estimate of drug-likeness (QED) is 0.569. The van der Waals surface area contributed by atoms with E-state index in [1.54, 1.807) is 0 Å². The Balaban J connectivity index is 0.000000481. The minimum Gasteiger partial charge on any atom is -0.565 e. The number of fused-ring (bicyclic) bond motifs is 1. The van der Waals surface area contributed by atoms with E-state index in [2.05, 4.69) is 100 Å². The smallest absolute Gasteiger partial charge is 0.286 e. The predicted octanol–water partition coefficient (Wildman–Crippen LogP) is 2.75. The van der Waals surface area contributed by atoms with Crippen molar-refractivity contribution in [2.75, 3.05) is 0 Å². The van der Waals surface area contributed by atoms with Crippen LogP contribution >= 0.6 is 0 Å². The monoisotopic (exact) mass is 360 g/mol. The molecule has 0 aliphatic heterocycles. The zero-order valence-electron chi connectivity index (χ0n) is 14.7. The maximum Gasteiger partial charge on any atom is 0.286 e. The molecule has 136 valence electrons. The summed E-state index contributed by atoms with van der Waals surface area (Å²) in [4.78, 5) is 8.44. The van der Waals surface area contributed by atoms with Gasteiger partial charge in [0.2, 0.25) is 6.16 Å². The molecule has 0 saturated carbocycles. The van der Waals surface area contributed by atoms with E-state index in [0.29, 0.717) is 0 Å². The summed E-state index contributed by atoms with van der Waals surface area (Å²) >= 11 is 0. The molecule has 0 fully saturated rings. The van der Waals surface area contributed by atoms with Gasteiger partial charge >= 0.3 is 0 Å². The van der Waals surface area contributed by atoms with Crippen LogP contribution in [0.15, 0.2) is 91.3 Å². The molecule has 0 bridgehead atoms. The van der Waals surface area contributed by atoms with Gasteiger partial charge in [0.05, 0.1) is 6.20 Å².